The maximum atomic E-state index is 5.03. The first-order chi connectivity index (χ1) is 27.7. The van der Waals surface area contributed by atoms with Gasteiger partial charge in [0.25, 0.3) is 0 Å². The van der Waals surface area contributed by atoms with Gasteiger partial charge in [0.05, 0.1) is 22.1 Å². The standard InChI is InChI=1S/C51H35N5/c1-3-16-39(4-2)55-46-26-14-12-24-42(46)44-32-36(28-30-47(44)55)37-27-29-43-41-23-11-13-25-45(41)56(48(43)33-37)40-22-15-21-38(31-40)51-53-49(34-17-7-5-8-18-34)52-50(54-51)35-19-9-6-10-20-35/h3-33H,1-2H2/b39-16+. The lowest BCUT2D eigenvalue weighted by atomic mass is 10.0. The first kappa shape index (κ1) is 33.0. The fourth-order valence-electron chi connectivity index (χ4n) is 7.94. The number of allylic oxidation sites excluding steroid dienone is 4. The number of aromatic nitrogens is 5. The van der Waals surface area contributed by atoms with E-state index < -0.39 is 0 Å². The number of hydrogen-bond donors (Lipinski definition) is 0. The summed E-state index contributed by atoms with van der Waals surface area (Å²) in [6.45, 7) is 8.04. The number of para-hydroxylation sites is 2. The average molecular weight is 718 g/mol. The summed E-state index contributed by atoms with van der Waals surface area (Å²) in [4.78, 5) is 15.0. The fourth-order valence-corrected chi connectivity index (χ4v) is 7.94. The van der Waals surface area contributed by atoms with Crippen LogP contribution in [0.15, 0.2) is 201 Å². The Morgan fingerprint density at radius 2 is 0.946 bits per heavy atom. The van der Waals surface area contributed by atoms with Crippen molar-refractivity contribution in [3.05, 3.63) is 201 Å². The summed E-state index contributed by atoms with van der Waals surface area (Å²) < 4.78 is 4.62. The van der Waals surface area contributed by atoms with Crippen LogP contribution in [0.1, 0.15) is 0 Å². The largest absolute Gasteiger partial charge is 0.309 e. The Bertz CT molecular complexity index is 3110. The van der Waals surface area contributed by atoms with Crippen molar-refractivity contribution >= 4 is 49.3 Å². The first-order valence-corrected chi connectivity index (χ1v) is 18.7. The van der Waals surface area contributed by atoms with E-state index >= 15 is 0 Å². The highest BCUT2D eigenvalue weighted by Gasteiger charge is 2.18. The number of nitrogens with zero attached hydrogens (tertiary/aromatic N) is 5. The lowest BCUT2D eigenvalue weighted by Crippen LogP contribution is -2.01. The van der Waals surface area contributed by atoms with Crippen molar-refractivity contribution in [2.24, 2.45) is 0 Å². The number of rotatable bonds is 8. The monoisotopic (exact) mass is 717 g/mol. The molecule has 10 aromatic rings. The van der Waals surface area contributed by atoms with Gasteiger partial charge in [-0.25, -0.2) is 15.0 Å². The van der Waals surface area contributed by atoms with Gasteiger partial charge < -0.3 is 9.13 Å². The molecule has 3 heterocycles. The molecule has 10 rings (SSSR count). The van der Waals surface area contributed by atoms with Crippen molar-refractivity contribution in [2.75, 3.05) is 0 Å². The Hall–Kier alpha value is -7.63. The highest BCUT2D eigenvalue weighted by molar-refractivity contribution is 6.13. The molecule has 0 aliphatic carbocycles. The zero-order chi connectivity index (χ0) is 37.6. The Morgan fingerprint density at radius 1 is 0.411 bits per heavy atom. The minimum absolute atomic E-state index is 0.621. The van der Waals surface area contributed by atoms with E-state index in [4.69, 9.17) is 15.0 Å². The molecule has 0 fully saturated rings. The molecule has 0 N–H and O–H groups in total. The molecule has 0 saturated heterocycles. The average Bonchev–Trinajstić information content (AvgIpc) is 3.78. The Morgan fingerprint density at radius 3 is 1.62 bits per heavy atom. The van der Waals surface area contributed by atoms with Crippen LogP contribution in [0.4, 0.5) is 0 Å². The smallest absolute Gasteiger partial charge is 0.164 e. The number of benzene rings is 7. The normalized spacial score (nSPS) is 11.8. The Kier molecular flexibility index (Phi) is 8.04. The van der Waals surface area contributed by atoms with Crippen LogP contribution >= 0.6 is 0 Å². The highest BCUT2D eigenvalue weighted by Crippen LogP contribution is 2.39. The van der Waals surface area contributed by atoms with Gasteiger partial charge in [0.15, 0.2) is 17.5 Å². The zero-order valence-electron chi connectivity index (χ0n) is 30.5. The van der Waals surface area contributed by atoms with E-state index in [1.807, 2.05) is 78.9 Å². The number of hydrogen-bond acceptors (Lipinski definition) is 3. The summed E-state index contributed by atoms with van der Waals surface area (Å²) in [6.07, 6.45) is 5.69. The second kappa shape index (κ2) is 13.7. The van der Waals surface area contributed by atoms with Crippen molar-refractivity contribution in [1.29, 1.82) is 0 Å². The molecule has 0 spiro atoms. The van der Waals surface area contributed by atoms with Gasteiger partial charge in [0.1, 0.15) is 0 Å². The van der Waals surface area contributed by atoms with Crippen LogP contribution in [0, 0.1) is 0 Å². The van der Waals surface area contributed by atoms with Crippen LogP contribution in [-0.4, -0.2) is 24.1 Å². The van der Waals surface area contributed by atoms with Gasteiger partial charge in [-0.1, -0.05) is 147 Å². The lowest BCUT2D eigenvalue weighted by molar-refractivity contribution is 1.07. The summed E-state index contributed by atoms with van der Waals surface area (Å²) in [5.74, 6) is 1.90. The molecule has 5 nitrogen and oxygen atoms in total. The molecule has 7 aromatic carbocycles. The van der Waals surface area contributed by atoms with Crippen LogP contribution in [0.3, 0.4) is 0 Å². The van der Waals surface area contributed by atoms with Crippen LogP contribution in [0.2, 0.25) is 0 Å². The van der Waals surface area contributed by atoms with Crippen molar-refractivity contribution in [3.63, 3.8) is 0 Å². The van der Waals surface area contributed by atoms with E-state index in [1.165, 1.54) is 21.5 Å². The first-order valence-electron chi connectivity index (χ1n) is 18.7. The molecular weight excluding hydrogens is 683 g/mol. The predicted molar refractivity (Wildman–Crippen MR) is 234 cm³/mol. The van der Waals surface area contributed by atoms with Crippen molar-refractivity contribution in [1.82, 2.24) is 24.1 Å². The van der Waals surface area contributed by atoms with E-state index in [0.29, 0.717) is 17.5 Å². The molecule has 0 atom stereocenters. The minimum Gasteiger partial charge on any atom is -0.309 e. The van der Waals surface area contributed by atoms with Gasteiger partial charge in [-0.2, -0.15) is 0 Å². The molecule has 0 saturated carbocycles. The Labute approximate surface area is 324 Å². The third kappa shape index (κ3) is 5.53. The lowest BCUT2D eigenvalue weighted by Gasteiger charge is -2.12. The summed E-state index contributed by atoms with van der Waals surface area (Å²) in [5.41, 5.74) is 11.6. The second-order valence-corrected chi connectivity index (χ2v) is 13.8. The molecule has 56 heavy (non-hydrogen) atoms. The second-order valence-electron chi connectivity index (χ2n) is 13.8. The number of fused-ring (bicyclic) bond motifs is 6. The van der Waals surface area contributed by atoms with Gasteiger partial charge in [0, 0.05) is 49.6 Å². The molecule has 0 radical (unpaired) electrons. The highest BCUT2D eigenvalue weighted by atomic mass is 15.0. The van der Waals surface area contributed by atoms with E-state index in [-0.39, 0.29) is 0 Å². The van der Waals surface area contributed by atoms with E-state index in [9.17, 15) is 0 Å². The van der Waals surface area contributed by atoms with Gasteiger partial charge in [-0.3, -0.25) is 0 Å². The van der Waals surface area contributed by atoms with Crippen molar-refractivity contribution in [3.8, 4) is 51.0 Å². The predicted octanol–water partition coefficient (Wildman–Crippen LogP) is 13.0. The van der Waals surface area contributed by atoms with E-state index in [0.717, 1.165) is 61.3 Å². The molecule has 0 unspecified atom stereocenters. The van der Waals surface area contributed by atoms with Gasteiger partial charge in [0.2, 0.25) is 0 Å². The molecule has 0 aliphatic rings. The minimum atomic E-state index is 0.621. The molecular formula is C51H35N5. The maximum Gasteiger partial charge on any atom is 0.164 e. The van der Waals surface area contributed by atoms with Crippen molar-refractivity contribution < 1.29 is 0 Å². The van der Waals surface area contributed by atoms with Crippen LogP contribution in [0.5, 0.6) is 0 Å². The third-order valence-corrected chi connectivity index (χ3v) is 10.5. The summed E-state index contributed by atoms with van der Waals surface area (Å²) in [5, 5.41) is 4.76. The van der Waals surface area contributed by atoms with Gasteiger partial charge in [-0.15, -0.1) is 0 Å². The van der Waals surface area contributed by atoms with Crippen molar-refractivity contribution in [2.45, 2.75) is 0 Å². The van der Waals surface area contributed by atoms with Crippen LogP contribution < -0.4 is 0 Å². The fraction of sp³-hybridized carbons (Fsp3) is 0. The Balaban J connectivity index is 1.14. The SMILES string of the molecule is C=C/C=C(\C=C)n1c2ccccc2c2cc(-c3ccc4c5ccccc5n(-c5cccc(-c6nc(-c7ccccc7)nc(-c7ccccc7)n6)c5)c4c3)ccc21. The molecule has 264 valence electrons. The summed E-state index contributed by atoms with van der Waals surface area (Å²) >= 11 is 0. The van der Waals surface area contributed by atoms with Crippen LogP contribution in [0.25, 0.3) is 100 Å². The summed E-state index contributed by atoms with van der Waals surface area (Å²) in [7, 11) is 0. The quantitative estimate of drug-likeness (QED) is 0.147. The van der Waals surface area contributed by atoms with E-state index in [1.54, 1.807) is 0 Å². The topological polar surface area (TPSA) is 48.5 Å². The molecule has 0 bridgehead atoms. The molecule has 0 amide bonds. The maximum absolute atomic E-state index is 5.03. The molecule has 0 aliphatic heterocycles. The molecule has 5 heteroatoms. The summed E-state index contributed by atoms with van der Waals surface area (Å²) in [6, 6.07) is 59.4. The van der Waals surface area contributed by atoms with Gasteiger partial charge >= 0.3 is 0 Å². The van der Waals surface area contributed by atoms with E-state index in [2.05, 4.69) is 131 Å². The zero-order valence-corrected chi connectivity index (χ0v) is 30.5. The third-order valence-electron chi connectivity index (χ3n) is 10.5. The van der Waals surface area contributed by atoms with Gasteiger partial charge in [-0.05, 0) is 65.7 Å². The molecule has 3 aromatic heterocycles. The van der Waals surface area contributed by atoms with Crippen LogP contribution in [-0.2, 0) is 0 Å².